The lowest BCUT2D eigenvalue weighted by atomic mass is 10.2. The number of H-pyrrole nitrogens is 1. The third-order valence-electron chi connectivity index (χ3n) is 4.20. The maximum Gasteiger partial charge on any atom is 0.263 e. The van der Waals surface area contributed by atoms with Crippen LogP contribution in [0.1, 0.15) is 40.5 Å². The number of aromatic amines is 1. The van der Waals surface area contributed by atoms with Crippen LogP contribution in [0.5, 0.6) is 0 Å². The second-order valence-corrected chi connectivity index (χ2v) is 6.96. The third-order valence-corrected chi connectivity index (χ3v) is 4.95. The molecule has 7 heteroatoms. The van der Waals surface area contributed by atoms with Gasteiger partial charge in [0.15, 0.2) is 0 Å². The lowest BCUT2D eigenvalue weighted by Crippen LogP contribution is -2.36. The van der Waals surface area contributed by atoms with E-state index in [1.807, 2.05) is 30.5 Å². The summed E-state index contributed by atoms with van der Waals surface area (Å²) in [6.07, 6.45) is 5.41. The largest absolute Gasteiger partial charge is 0.395 e. The normalized spacial score (nSPS) is 13.7. The minimum absolute atomic E-state index is 0.0126. The van der Waals surface area contributed by atoms with Crippen molar-refractivity contribution in [3.8, 4) is 0 Å². The van der Waals surface area contributed by atoms with Crippen LogP contribution < -0.4 is 5.56 Å². The van der Waals surface area contributed by atoms with Gasteiger partial charge in [-0.2, -0.15) is 0 Å². The van der Waals surface area contributed by atoms with Crippen LogP contribution >= 0.6 is 11.8 Å². The lowest BCUT2D eigenvalue weighted by Gasteiger charge is -2.21. The topological polar surface area (TPSA) is 86.3 Å². The van der Waals surface area contributed by atoms with Gasteiger partial charge in [0.1, 0.15) is 11.4 Å². The first-order valence-corrected chi connectivity index (χ1v) is 9.47. The van der Waals surface area contributed by atoms with Crippen LogP contribution in [-0.2, 0) is 6.54 Å². The van der Waals surface area contributed by atoms with Crippen molar-refractivity contribution in [2.45, 2.75) is 30.2 Å². The molecule has 0 aliphatic heterocycles. The van der Waals surface area contributed by atoms with Gasteiger partial charge < -0.3 is 15.0 Å². The van der Waals surface area contributed by atoms with Crippen molar-refractivity contribution >= 4 is 17.7 Å². The van der Waals surface area contributed by atoms with Crippen LogP contribution in [0.25, 0.3) is 0 Å². The van der Waals surface area contributed by atoms with E-state index in [2.05, 4.69) is 9.97 Å². The number of aliphatic hydroxyl groups excluding tert-OH is 1. The number of benzene rings is 1. The predicted molar refractivity (Wildman–Crippen MR) is 96.9 cm³/mol. The second kappa shape index (κ2) is 7.84. The summed E-state index contributed by atoms with van der Waals surface area (Å²) in [6, 6.07) is 7.87. The molecule has 2 N–H and O–H groups in total. The molecule has 1 heterocycles. The smallest absolute Gasteiger partial charge is 0.263 e. The molecule has 2 aromatic rings. The van der Waals surface area contributed by atoms with E-state index in [-0.39, 0.29) is 18.7 Å². The molecule has 3 rings (SSSR count). The van der Waals surface area contributed by atoms with Crippen molar-refractivity contribution in [3.63, 3.8) is 0 Å². The van der Waals surface area contributed by atoms with Crippen molar-refractivity contribution in [1.29, 1.82) is 0 Å². The summed E-state index contributed by atoms with van der Waals surface area (Å²) in [7, 11) is 0. The molecule has 25 heavy (non-hydrogen) atoms. The first kappa shape index (κ1) is 17.7. The number of aliphatic hydroxyl groups is 1. The Hall–Kier alpha value is -2.12. The third kappa shape index (κ3) is 4.29. The number of rotatable bonds is 7. The van der Waals surface area contributed by atoms with Gasteiger partial charge in [-0.3, -0.25) is 9.59 Å². The zero-order valence-corrected chi connectivity index (χ0v) is 14.9. The molecule has 1 aromatic heterocycles. The Balaban J connectivity index is 1.78. The number of carbonyl (C=O) groups is 1. The van der Waals surface area contributed by atoms with Crippen LogP contribution in [0, 0.1) is 0 Å². The summed E-state index contributed by atoms with van der Waals surface area (Å²) in [5.74, 6) is 0.558. The molecule has 1 aliphatic rings. The molecule has 6 nitrogen and oxygen atoms in total. The number of hydrogen-bond acceptors (Lipinski definition) is 5. The van der Waals surface area contributed by atoms with E-state index in [9.17, 15) is 14.7 Å². The first-order valence-electron chi connectivity index (χ1n) is 8.24. The summed E-state index contributed by atoms with van der Waals surface area (Å²) >= 11 is 1.65. The van der Waals surface area contributed by atoms with E-state index in [1.165, 1.54) is 11.1 Å². The molecule has 1 aliphatic carbocycles. The number of nitrogens with zero attached hydrogens (tertiary/aromatic N) is 2. The number of hydrogen-bond donors (Lipinski definition) is 2. The number of aromatic nitrogens is 2. The Morgan fingerprint density at radius 3 is 2.64 bits per heavy atom. The minimum Gasteiger partial charge on any atom is -0.395 e. The number of amides is 1. The van der Waals surface area contributed by atoms with Gasteiger partial charge in [0.25, 0.3) is 11.5 Å². The van der Waals surface area contributed by atoms with Crippen molar-refractivity contribution in [2.24, 2.45) is 0 Å². The van der Waals surface area contributed by atoms with Gasteiger partial charge in [-0.15, -0.1) is 11.8 Å². The molecule has 1 saturated carbocycles. The molecule has 132 valence electrons. The molecule has 0 radical (unpaired) electrons. The van der Waals surface area contributed by atoms with Crippen LogP contribution in [0.2, 0.25) is 0 Å². The van der Waals surface area contributed by atoms with Gasteiger partial charge in [-0.1, -0.05) is 12.1 Å². The van der Waals surface area contributed by atoms with Crippen molar-refractivity contribution < 1.29 is 9.90 Å². The molecular weight excluding hydrogens is 338 g/mol. The van der Waals surface area contributed by atoms with E-state index in [0.717, 1.165) is 23.3 Å². The highest BCUT2D eigenvalue weighted by Crippen LogP contribution is 2.37. The molecule has 0 unspecified atom stereocenters. The molecular formula is C18H21N3O3S. The summed E-state index contributed by atoms with van der Waals surface area (Å²) < 4.78 is 0. The number of thioether (sulfide) groups is 1. The van der Waals surface area contributed by atoms with Gasteiger partial charge in [-0.05, 0) is 36.8 Å². The molecule has 0 spiro atoms. The molecule has 0 atom stereocenters. The standard InChI is InChI=1S/C18H21N3O3S/c1-25-14-6-2-12(3-7-14)11-21(8-9-22)18(24)15-10-19-16(13-4-5-13)20-17(15)23/h2-3,6-7,10,13,22H,4-5,8-9,11H2,1H3,(H,19,20,23). The quantitative estimate of drug-likeness (QED) is 0.739. The monoisotopic (exact) mass is 359 g/mol. The summed E-state index contributed by atoms with van der Waals surface area (Å²) in [6.45, 7) is 0.324. The van der Waals surface area contributed by atoms with Crippen molar-refractivity contribution in [2.75, 3.05) is 19.4 Å². The fraction of sp³-hybridized carbons (Fsp3) is 0.389. The average molecular weight is 359 g/mol. The van der Waals surface area contributed by atoms with Crippen LogP contribution in [0.4, 0.5) is 0 Å². The minimum atomic E-state index is -0.418. The summed E-state index contributed by atoms with van der Waals surface area (Å²) in [4.78, 5) is 34.5. The van der Waals surface area contributed by atoms with Crippen LogP contribution in [-0.4, -0.2) is 45.3 Å². The fourth-order valence-corrected chi connectivity index (χ4v) is 3.03. The van der Waals surface area contributed by atoms with Crippen LogP contribution in [0.3, 0.4) is 0 Å². The Morgan fingerprint density at radius 2 is 2.08 bits per heavy atom. The van der Waals surface area contributed by atoms with E-state index in [1.54, 1.807) is 11.8 Å². The van der Waals surface area contributed by atoms with Gasteiger partial charge >= 0.3 is 0 Å². The highest BCUT2D eigenvalue weighted by atomic mass is 32.2. The second-order valence-electron chi connectivity index (χ2n) is 6.08. The maximum absolute atomic E-state index is 12.7. The SMILES string of the molecule is CSc1ccc(CN(CCO)C(=O)c2cnc(C3CC3)[nH]c2=O)cc1. The Labute approximate surface area is 150 Å². The molecule has 1 aromatic carbocycles. The summed E-state index contributed by atoms with van der Waals surface area (Å²) in [5, 5.41) is 9.29. The average Bonchev–Trinajstić information content (AvgIpc) is 3.46. The molecule has 1 fully saturated rings. The lowest BCUT2D eigenvalue weighted by molar-refractivity contribution is 0.0705. The predicted octanol–water partition coefficient (Wildman–Crippen LogP) is 2.00. The number of nitrogens with one attached hydrogen (secondary N) is 1. The molecule has 0 saturated heterocycles. The Kier molecular flexibility index (Phi) is 5.55. The summed E-state index contributed by atoms with van der Waals surface area (Å²) in [5.41, 5.74) is 0.541. The van der Waals surface area contributed by atoms with E-state index < -0.39 is 11.5 Å². The Morgan fingerprint density at radius 1 is 1.36 bits per heavy atom. The van der Waals surface area contributed by atoms with Crippen molar-refractivity contribution in [3.05, 3.63) is 57.8 Å². The highest BCUT2D eigenvalue weighted by molar-refractivity contribution is 7.98. The van der Waals surface area contributed by atoms with E-state index >= 15 is 0 Å². The number of carbonyl (C=O) groups excluding carboxylic acids is 1. The first-order chi connectivity index (χ1) is 12.1. The van der Waals surface area contributed by atoms with Crippen LogP contribution in [0.15, 0.2) is 40.2 Å². The van der Waals surface area contributed by atoms with Gasteiger partial charge in [0, 0.05) is 30.1 Å². The van der Waals surface area contributed by atoms with Gasteiger partial charge in [0.2, 0.25) is 0 Å². The molecule has 0 bridgehead atoms. The van der Waals surface area contributed by atoms with E-state index in [4.69, 9.17) is 0 Å². The highest BCUT2D eigenvalue weighted by Gasteiger charge is 2.27. The zero-order chi connectivity index (χ0) is 17.8. The van der Waals surface area contributed by atoms with Gasteiger partial charge in [0.05, 0.1) is 6.61 Å². The zero-order valence-electron chi connectivity index (χ0n) is 14.1. The van der Waals surface area contributed by atoms with E-state index in [0.29, 0.717) is 18.3 Å². The van der Waals surface area contributed by atoms with Gasteiger partial charge in [-0.25, -0.2) is 4.98 Å². The molecule has 1 amide bonds. The van der Waals surface area contributed by atoms with Crippen molar-refractivity contribution in [1.82, 2.24) is 14.9 Å². The maximum atomic E-state index is 12.7. The fourth-order valence-electron chi connectivity index (χ4n) is 2.62. The Bertz CT molecular complexity index is 800.